The standard InChI is InChI=1S/C41H25N3O/c1-3-14-27(15-4-1)34-25-35(28-16-5-2-6-17-28)43-41(42-34)33-23-12-22-32-38(33)44-39(30-21-11-18-26-13-7-8-19-29(26)30)37-31-20-9-10-24-36(31)45-40(32)37/h1-25H. The van der Waals surface area contributed by atoms with E-state index in [1.165, 1.54) is 0 Å². The van der Waals surface area contributed by atoms with Gasteiger partial charge in [0.15, 0.2) is 5.82 Å². The zero-order valence-corrected chi connectivity index (χ0v) is 24.2. The van der Waals surface area contributed by atoms with Gasteiger partial charge in [0.25, 0.3) is 0 Å². The topological polar surface area (TPSA) is 51.8 Å². The zero-order chi connectivity index (χ0) is 29.7. The molecule has 0 N–H and O–H groups in total. The smallest absolute Gasteiger partial charge is 0.162 e. The van der Waals surface area contributed by atoms with Crippen molar-refractivity contribution in [3.63, 3.8) is 0 Å². The average Bonchev–Trinajstić information content (AvgIpc) is 3.52. The highest BCUT2D eigenvalue weighted by atomic mass is 16.3. The van der Waals surface area contributed by atoms with Gasteiger partial charge in [-0.05, 0) is 35.0 Å². The fourth-order valence-electron chi connectivity index (χ4n) is 6.37. The molecule has 45 heavy (non-hydrogen) atoms. The predicted molar refractivity (Wildman–Crippen MR) is 184 cm³/mol. The Kier molecular flexibility index (Phi) is 5.78. The predicted octanol–water partition coefficient (Wildman–Crippen LogP) is 10.7. The summed E-state index contributed by atoms with van der Waals surface area (Å²) in [6, 6.07) is 51.8. The molecule has 0 atom stereocenters. The minimum atomic E-state index is 0.618. The molecule has 4 heteroatoms. The Balaban J connectivity index is 1.39. The molecule has 0 aliphatic rings. The van der Waals surface area contributed by atoms with Crippen molar-refractivity contribution in [2.24, 2.45) is 0 Å². The van der Waals surface area contributed by atoms with Gasteiger partial charge in [0.05, 0.1) is 28.0 Å². The van der Waals surface area contributed by atoms with Crippen LogP contribution in [0.5, 0.6) is 0 Å². The summed E-state index contributed by atoms with van der Waals surface area (Å²) in [7, 11) is 0. The molecule has 0 fully saturated rings. The summed E-state index contributed by atoms with van der Waals surface area (Å²) in [5.41, 5.74) is 9.02. The van der Waals surface area contributed by atoms with E-state index in [-0.39, 0.29) is 0 Å². The molecule has 210 valence electrons. The maximum atomic E-state index is 6.64. The Hall–Kier alpha value is -6.13. The molecule has 0 saturated heterocycles. The van der Waals surface area contributed by atoms with Crippen molar-refractivity contribution >= 4 is 43.6 Å². The highest BCUT2D eigenvalue weighted by Crippen LogP contribution is 2.43. The molecule has 0 aliphatic carbocycles. The van der Waals surface area contributed by atoms with Crippen LogP contribution in [-0.2, 0) is 0 Å². The Labute approximate surface area is 259 Å². The number of rotatable bonds is 4. The van der Waals surface area contributed by atoms with Crippen molar-refractivity contribution < 1.29 is 4.42 Å². The van der Waals surface area contributed by atoms with E-state index < -0.39 is 0 Å². The van der Waals surface area contributed by atoms with Gasteiger partial charge < -0.3 is 4.42 Å². The van der Waals surface area contributed by atoms with Crippen molar-refractivity contribution in [2.75, 3.05) is 0 Å². The van der Waals surface area contributed by atoms with E-state index in [9.17, 15) is 0 Å². The number of pyridine rings is 1. The summed E-state index contributed by atoms with van der Waals surface area (Å²) in [4.78, 5) is 15.8. The number of aromatic nitrogens is 3. The van der Waals surface area contributed by atoms with Crippen LogP contribution < -0.4 is 0 Å². The highest BCUT2D eigenvalue weighted by molar-refractivity contribution is 6.22. The molecule has 6 aromatic carbocycles. The van der Waals surface area contributed by atoms with Gasteiger partial charge in [-0.3, -0.25) is 0 Å². The van der Waals surface area contributed by atoms with E-state index in [1.54, 1.807) is 0 Å². The van der Waals surface area contributed by atoms with Crippen molar-refractivity contribution in [3.05, 3.63) is 152 Å². The molecule has 0 saturated carbocycles. The molecule has 3 aromatic heterocycles. The third-order valence-electron chi connectivity index (χ3n) is 8.49. The second-order valence-corrected chi connectivity index (χ2v) is 11.2. The Morgan fingerprint density at radius 1 is 0.444 bits per heavy atom. The summed E-state index contributed by atoms with van der Waals surface area (Å²) in [6.07, 6.45) is 0. The second-order valence-electron chi connectivity index (χ2n) is 11.2. The van der Waals surface area contributed by atoms with E-state index in [2.05, 4.69) is 97.1 Å². The van der Waals surface area contributed by atoms with Gasteiger partial charge in [0.1, 0.15) is 11.2 Å². The normalized spacial score (nSPS) is 11.6. The molecule has 0 bridgehead atoms. The lowest BCUT2D eigenvalue weighted by Crippen LogP contribution is -1.98. The van der Waals surface area contributed by atoms with E-state index in [4.69, 9.17) is 19.4 Å². The van der Waals surface area contributed by atoms with Gasteiger partial charge in [-0.1, -0.05) is 127 Å². The van der Waals surface area contributed by atoms with Crippen LogP contribution in [-0.4, -0.2) is 15.0 Å². The van der Waals surface area contributed by atoms with Gasteiger partial charge in [-0.15, -0.1) is 0 Å². The first kappa shape index (κ1) is 25.4. The summed E-state index contributed by atoms with van der Waals surface area (Å²) in [5, 5.41) is 5.29. The zero-order valence-electron chi connectivity index (χ0n) is 24.2. The lowest BCUT2D eigenvalue weighted by atomic mass is 9.96. The minimum Gasteiger partial charge on any atom is -0.455 e. The number of fused-ring (bicyclic) bond motifs is 6. The van der Waals surface area contributed by atoms with Crippen LogP contribution in [0.4, 0.5) is 0 Å². The highest BCUT2D eigenvalue weighted by Gasteiger charge is 2.22. The van der Waals surface area contributed by atoms with E-state index in [0.717, 1.165) is 82.9 Å². The van der Waals surface area contributed by atoms with Crippen LogP contribution in [0.25, 0.3) is 88.8 Å². The number of hydrogen-bond donors (Lipinski definition) is 0. The Bertz CT molecular complexity index is 2470. The fraction of sp³-hybridized carbons (Fsp3) is 0. The molecule has 0 spiro atoms. The molecule has 0 aliphatic heterocycles. The molecular formula is C41H25N3O. The molecule has 9 rings (SSSR count). The van der Waals surface area contributed by atoms with E-state index >= 15 is 0 Å². The third-order valence-corrected chi connectivity index (χ3v) is 8.49. The van der Waals surface area contributed by atoms with Crippen molar-refractivity contribution in [2.45, 2.75) is 0 Å². The number of para-hydroxylation sites is 2. The van der Waals surface area contributed by atoms with Crippen molar-refractivity contribution in [1.82, 2.24) is 15.0 Å². The van der Waals surface area contributed by atoms with E-state index in [0.29, 0.717) is 5.82 Å². The van der Waals surface area contributed by atoms with Crippen LogP contribution in [0.2, 0.25) is 0 Å². The molecule has 3 heterocycles. The van der Waals surface area contributed by atoms with Gasteiger partial charge in [-0.25, -0.2) is 15.0 Å². The number of nitrogens with zero attached hydrogens (tertiary/aromatic N) is 3. The average molecular weight is 576 g/mol. The number of hydrogen-bond acceptors (Lipinski definition) is 4. The van der Waals surface area contributed by atoms with Gasteiger partial charge in [0.2, 0.25) is 0 Å². The van der Waals surface area contributed by atoms with Gasteiger partial charge in [-0.2, -0.15) is 0 Å². The number of benzene rings is 6. The Morgan fingerprint density at radius 3 is 1.78 bits per heavy atom. The second kappa shape index (κ2) is 10.2. The lowest BCUT2D eigenvalue weighted by Gasteiger charge is -2.13. The fourth-order valence-corrected chi connectivity index (χ4v) is 6.37. The van der Waals surface area contributed by atoms with Crippen LogP contribution in [0.15, 0.2) is 156 Å². The van der Waals surface area contributed by atoms with Crippen LogP contribution in [0.1, 0.15) is 0 Å². The maximum absolute atomic E-state index is 6.64. The molecule has 0 amide bonds. The van der Waals surface area contributed by atoms with Crippen molar-refractivity contribution in [3.8, 4) is 45.2 Å². The molecule has 4 nitrogen and oxygen atoms in total. The summed E-state index contributed by atoms with van der Waals surface area (Å²) < 4.78 is 6.64. The van der Waals surface area contributed by atoms with Gasteiger partial charge in [0, 0.05) is 33.0 Å². The SMILES string of the molecule is c1ccc(-c2cc(-c3ccccc3)nc(-c3cccc4c3nc(-c3cccc5ccccc35)c3c5ccccc5oc43)n2)cc1. The van der Waals surface area contributed by atoms with Crippen LogP contribution in [0.3, 0.4) is 0 Å². The summed E-state index contributed by atoms with van der Waals surface area (Å²) in [5.74, 6) is 0.618. The van der Waals surface area contributed by atoms with E-state index in [1.807, 2.05) is 54.6 Å². The minimum absolute atomic E-state index is 0.618. The molecule has 9 aromatic rings. The lowest BCUT2D eigenvalue weighted by molar-refractivity contribution is 0.672. The largest absolute Gasteiger partial charge is 0.455 e. The van der Waals surface area contributed by atoms with Gasteiger partial charge >= 0.3 is 0 Å². The molecule has 0 unspecified atom stereocenters. The first-order chi connectivity index (χ1) is 22.3. The molecule has 0 radical (unpaired) electrons. The number of furan rings is 1. The summed E-state index contributed by atoms with van der Waals surface area (Å²) >= 11 is 0. The van der Waals surface area contributed by atoms with Crippen LogP contribution >= 0.6 is 0 Å². The first-order valence-electron chi connectivity index (χ1n) is 15.0. The summed E-state index contributed by atoms with van der Waals surface area (Å²) in [6.45, 7) is 0. The maximum Gasteiger partial charge on any atom is 0.162 e. The first-order valence-corrected chi connectivity index (χ1v) is 15.0. The quantitative estimate of drug-likeness (QED) is 0.209. The van der Waals surface area contributed by atoms with Crippen molar-refractivity contribution in [1.29, 1.82) is 0 Å². The third kappa shape index (κ3) is 4.19. The monoisotopic (exact) mass is 575 g/mol. The Morgan fingerprint density at radius 2 is 1.02 bits per heavy atom. The molecular weight excluding hydrogens is 550 g/mol. The van der Waals surface area contributed by atoms with Crippen LogP contribution in [0, 0.1) is 0 Å².